The van der Waals surface area contributed by atoms with Crippen molar-refractivity contribution in [1.82, 2.24) is 9.47 Å². The number of carbonyl (C=O) groups excluding carboxylic acids is 1. The molecule has 0 unspecified atom stereocenters. The number of rotatable bonds is 8. The molecule has 0 radical (unpaired) electrons. The van der Waals surface area contributed by atoms with E-state index in [4.69, 9.17) is 23.2 Å². The number of amides is 1. The first kappa shape index (κ1) is 20.5. The number of alkyl halides is 1. The van der Waals surface area contributed by atoms with Crippen LogP contribution in [0.4, 0.5) is 0 Å². The zero-order valence-corrected chi connectivity index (χ0v) is 17.4. The highest BCUT2D eigenvalue weighted by Gasteiger charge is 2.24. The second-order valence-corrected chi connectivity index (χ2v) is 7.60. The third-order valence-corrected chi connectivity index (χ3v) is 5.50. The van der Waals surface area contributed by atoms with Gasteiger partial charge in [0.2, 0.25) is 5.91 Å². The molecule has 3 aromatic rings. The van der Waals surface area contributed by atoms with E-state index in [2.05, 4.69) is 11.5 Å². The molecule has 146 valence electrons. The smallest absolute Gasteiger partial charge is 0.245 e. The third-order valence-electron chi connectivity index (χ3n) is 4.69. The molecule has 1 heterocycles. The Morgan fingerprint density at radius 1 is 1.04 bits per heavy atom. The van der Waals surface area contributed by atoms with Gasteiger partial charge in [0.1, 0.15) is 5.38 Å². The van der Waals surface area contributed by atoms with E-state index in [1.165, 1.54) is 0 Å². The van der Waals surface area contributed by atoms with Gasteiger partial charge in [0.05, 0.1) is 6.54 Å². The Morgan fingerprint density at radius 2 is 1.75 bits per heavy atom. The van der Waals surface area contributed by atoms with Crippen molar-refractivity contribution in [3.8, 4) is 0 Å². The van der Waals surface area contributed by atoms with Crippen LogP contribution in [0, 0.1) is 0 Å². The standard InChI is InChI=1S/C23H24Cl2N2O/c1-2-14-27(23(28)22(25)18-9-4-3-5-10-18)17-20-12-8-15-26(20)16-19-11-6-7-13-21(19)24/h3-13,15,22H,2,14,16-17H2,1H3/t22-/m0/s1. The summed E-state index contributed by atoms with van der Waals surface area (Å²) in [6.07, 6.45) is 2.89. The van der Waals surface area contributed by atoms with Gasteiger partial charge in [-0.1, -0.05) is 67.1 Å². The maximum atomic E-state index is 13.0. The molecule has 0 fully saturated rings. The highest BCUT2D eigenvalue weighted by Crippen LogP contribution is 2.24. The fraction of sp³-hybridized carbons (Fsp3) is 0.261. The van der Waals surface area contributed by atoms with Crippen molar-refractivity contribution in [1.29, 1.82) is 0 Å². The van der Waals surface area contributed by atoms with Crippen molar-refractivity contribution in [2.75, 3.05) is 6.54 Å². The quantitative estimate of drug-likeness (QED) is 0.420. The number of halogens is 2. The van der Waals surface area contributed by atoms with E-state index < -0.39 is 5.38 Å². The van der Waals surface area contributed by atoms with Gasteiger partial charge < -0.3 is 9.47 Å². The normalized spacial score (nSPS) is 12.0. The van der Waals surface area contributed by atoms with Gasteiger partial charge in [-0.15, -0.1) is 11.6 Å². The summed E-state index contributed by atoms with van der Waals surface area (Å²) in [5, 5.41) is 0.0632. The summed E-state index contributed by atoms with van der Waals surface area (Å²) in [6, 6.07) is 21.4. The number of benzene rings is 2. The zero-order chi connectivity index (χ0) is 19.9. The highest BCUT2D eigenvalue weighted by atomic mass is 35.5. The predicted molar refractivity (Wildman–Crippen MR) is 116 cm³/mol. The maximum absolute atomic E-state index is 13.0. The molecule has 5 heteroatoms. The lowest BCUT2D eigenvalue weighted by Gasteiger charge is -2.25. The number of aromatic nitrogens is 1. The van der Waals surface area contributed by atoms with E-state index >= 15 is 0 Å². The lowest BCUT2D eigenvalue weighted by molar-refractivity contribution is -0.131. The SMILES string of the molecule is CCCN(Cc1cccn1Cc1ccccc1Cl)C(=O)[C@@H](Cl)c1ccccc1. The van der Waals surface area contributed by atoms with Crippen molar-refractivity contribution < 1.29 is 4.79 Å². The lowest BCUT2D eigenvalue weighted by atomic mass is 10.1. The average Bonchev–Trinajstić information content (AvgIpc) is 3.15. The van der Waals surface area contributed by atoms with Crippen molar-refractivity contribution in [2.45, 2.75) is 31.8 Å². The minimum atomic E-state index is -0.681. The summed E-state index contributed by atoms with van der Waals surface area (Å²) in [7, 11) is 0. The van der Waals surface area contributed by atoms with Crippen LogP contribution in [0.1, 0.15) is 35.5 Å². The fourth-order valence-corrected chi connectivity index (χ4v) is 3.69. The number of nitrogens with zero attached hydrogens (tertiary/aromatic N) is 2. The number of carbonyl (C=O) groups is 1. The average molecular weight is 415 g/mol. The van der Waals surface area contributed by atoms with Gasteiger partial charge in [-0.2, -0.15) is 0 Å². The molecule has 2 aromatic carbocycles. The van der Waals surface area contributed by atoms with Crippen molar-refractivity contribution >= 4 is 29.1 Å². The van der Waals surface area contributed by atoms with E-state index in [9.17, 15) is 4.79 Å². The molecule has 3 rings (SSSR count). The molecule has 0 N–H and O–H groups in total. The van der Waals surface area contributed by atoms with Crippen LogP contribution in [0.15, 0.2) is 72.9 Å². The van der Waals surface area contributed by atoms with Crippen LogP contribution in [-0.2, 0) is 17.9 Å². The van der Waals surface area contributed by atoms with Gasteiger partial charge in [-0.05, 0) is 35.7 Å². The molecule has 28 heavy (non-hydrogen) atoms. The van der Waals surface area contributed by atoms with E-state index in [1.807, 2.05) is 77.8 Å². The maximum Gasteiger partial charge on any atom is 0.245 e. The first-order valence-corrected chi connectivity index (χ1v) is 10.3. The minimum absolute atomic E-state index is 0.0692. The largest absolute Gasteiger partial charge is 0.345 e. The fourth-order valence-electron chi connectivity index (χ4n) is 3.21. The van der Waals surface area contributed by atoms with Crippen molar-refractivity contribution in [2.24, 2.45) is 0 Å². The topological polar surface area (TPSA) is 25.2 Å². The molecule has 3 nitrogen and oxygen atoms in total. The molecule has 0 bridgehead atoms. The van der Waals surface area contributed by atoms with Crippen LogP contribution >= 0.6 is 23.2 Å². The van der Waals surface area contributed by atoms with Crippen LogP contribution in [-0.4, -0.2) is 21.9 Å². The molecule has 1 atom stereocenters. The Bertz CT molecular complexity index is 908. The summed E-state index contributed by atoms with van der Waals surface area (Å²) >= 11 is 12.8. The summed E-state index contributed by atoms with van der Waals surface area (Å²) in [4.78, 5) is 14.9. The van der Waals surface area contributed by atoms with Crippen molar-refractivity contribution in [3.05, 3.63) is 94.8 Å². The molecular weight excluding hydrogens is 391 g/mol. The van der Waals surface area contributed by atoms with E-state index in [0.29, 0.717) is 19.6 Å². The van der Waals surface area contributed by atoms with E-state index in [-0.39, 0.29) is 5.91 Å². The molecule has 1 amide bonds. The van der Waals surface area contributed by atoms with Gasteiger partial charge in [0.25, 0.3) is 0 Å². The van der Waals surface area contributed by atoms with Crippen LogP contribution < -0.4 is 0 Å². The van der Waals surface area contributed by atoms with E-state index in [0.717, 1.165) is 28.3 Å². The second-order valence-electron chi connectivity index (χ2n) is 6.75. The summed E-state index contributed by atoms with van der Waals surface area (Å²) in [6.45, 7) is 3.90. The van der Waals surface area contributed by atoms with Crippen LogP contribution in [0.5, 0.6) is 0 Å². The lowest BCUT2D eigenvalue weighted by Crippen LogP contribution is -2.34. The Labute approximate surface area is 176 Å². The van der Waals surface area contributed by atoms with Gasteiger partial charge in [0.15, 0.2) is 0 Å². The Balaban J connectivity index is 1.77. The van der Waals surface area contributed by atoms with Gasteiger partial charge in [0, 0.05) is 30.0 Å². The Kier molecular flexibility index (Phi) is 7.18. The Hall–Kier alpha value is -2.23. The van der Waals surface area contributed by atoms with Crippen LogP contribution in [0.3, 0.4) is 0 Å². The molecule has 1 aromatic heterocycles. The van der Waals surface area contributed by atoms with Crippen LogP contribution in [0.2, 0.25) is 5.02 Å². The van der Waals surface area contributed by atoms with Gasteiger partial charge in [-0.25, -0.2) is 0 Å². The summed E-state index contributed by atoms with van der Waals surface area (Å²) in [5.74, 6) is -0.0692. The minimum Gasteiger partial charge on any atom is -0.345 e. The molecule has 0 aliphatic heterocycles. The molecular formula is C23H24Cl2N2O. The number of hydrogen-bond donors (Lipinski definition) is 0. The van der Waals surface area contributed by atoms with Gasteiger partial charge in [-0.3, -0.25) is 4.79 Å². The van der Waals surface area contributed by atoms with Gasteiger partial charge >= 0.3 is 0 Å². The molecule has 0 aliphatic rings. The predicted octanol–water partition coefficient (Wildman–Crippen LogP) is 5.91. The first-order valence-electron chi connectivity index (χ1n) is 9.45. The summed E-state index contributed by atoms with van der Waals surface area (Å²) < 4.78 is 2.13. The molecule has 0 aliphatic carbocycles. The van der Waals surface area contributed by atoms with Crippen LogP contribution in [0.25, 0.3) is 0 Å². The first-order chi connectivity index (χ1) is 13.6. The second kappa shape index (κ2) is 9.81. The zero-order valence-electron chi connectivity index (χ0n) is 15.9. The third kappa shape index (κ3) is 4.98. The Morgan fingerprint density at radius 3 is 2.46 bits per heavy atom. The molecule has 0 saturated carbocycles. The summed E-state index contributed by atoms with van der Waals surface area (Å²) in [5.41, 5.74) is 2.93. The number of hydrogen-bond acceptors (Lipinski definition) is 1. The van der Waals surface area contributed by atoms with Crippen molar-refractivity contribution in [3.63, 3.8) is 0 Å². The monoisotopic (exact) mass is 414 g/mol. The highest BCUT2D eigenvalue weighted by molar-refractivity contribution is 6.31. The van der Waals surface area contributed by atoms with E-state index in [1.54, 1.807) is 0 Å². The molecule has 0 spiro atoms. The molecule has 0 saturated heterocycles.